The second-order valence-electron chi connectivity index (χ2n) is 5.03. The summed E-state index contributed by atoms with van der Waals surface area (Å²) < 4.78 is 5.32. The second-order valence-corrected chi connectivity index (χ2v) is 5.46. The number of hydrogen-bond donors (Lipinski definition) is 2. The number of nitrogens with one attached hydrogen (secondary N) is 2. The van der Waals surface area contributed by atoms with Crippen LogP contribution in [0.4, 0.5) is 5.69 Å². The highest BCUT2D eigenvalue weighted by atomic mass is 35.5. The van der Waals surface area contributed by atoms with Crippen molar-refractivity contribution < 1.29 is 14.3 Å². The van der Waals surface area contributed by atoms with Crippen LogP contribution in [0.15, 0.2) is 53.6 Å². The number of carbonyl (C=O) groups excluding carboxylic acids is 2. The summed E-state index contributed by atoms with van der Waals surface area (Å²) in [5.41, 5.74) is 3.67. The normalized spacial score (nSPS) is 10.5. The van der Waals surface area contributed by atoms with Crippen molar-refractivity contribution in [1.29, 1.82) is 0 Å². The summed E-state index contributed by atoms with van der Waals surface area (Å²) in [6.07, 6.45) is 1.14. The first-order valence-electron chi connectivity index (χ1n) is 7.67. The fourth-order valence-corrected chi connectivity index (χ4v) is 2.05. The molecule has 0 aromatic heterocycles. The van der Waals surface area contributed by atoms with Gasteiger partial charge in [-0.3, -0.25) is 9.59 Å². The lowest BCUT2D eigenvalue weighted by Gasteiger charge is -2.06. The van der Waals surface area contributed by atoms with E-state index in [0.717, 1.165) is 11.3 Å². The third kappa shape index (κ3) is 6.64. The first kappa shape index (κ1) is 18.5. The second kappa shape index (κ2) is 9.44. The molecule has 7 heteroatoms. The van der Waals surface area contributed by atoms with Crippen LogP contribution in [0.1, 0.15) is 18.9 Å². The number of nitrogens with zero attached hydrogens (tertiary/aromatic N) is 1. The third-order valence-electron chi connectivity index (χ3n) is 3.04. The summed E-state index contributed by atoms with van der Waals surface area (Å²) in [5.74, 6) is -0.216. The van der Waals surface area contributed by atoms with Gasteiger partial charge < -0.3 is 10.1 Å². The van der Waals surface area contributed by atoms with Crippen molar-refractivity contribution in [2.75, 3.05) is 11.9 Å². The fourth-order valence-electron chi connectivity index (χ4n) is 1.92. The van der Waals surface area contributed by atoms with Gasteiger partial charge in [-0.15, -0.1) is 0 Å². The van der Waals surface area contributed by atoms with Crippen molar-refractivity contribution in [3.05, 3.63) is 59.1 Å². The lowest BCUT2D eigenvalue weighted by molar-refractivity contribution is -0.126. The fraction of sp³-hybridized carbons (Fsp3) is 0.167. The van der Waals surface area contributed by atoms with E-state index in [1.807, 2.05) is 6.92 Å². The summed E-state index contributed by atoms with van der Waals surface area (Å²) in [6.45, 7) is 2.46. The number of amides is 2. The molecule has 0 fully saturated rings. The van der Waals surface area contributed by atoms with E-state index in [0.29, 0.717) is 17.3 Å². The number of benzene rings is 2. The summed E-state index contributed by atoms with van der Waals surface area (Å²) in [7, 11) is 0. The predicted octanol–water partition coefficient (Wildman–Crippen LogP) is 3.22. The SMILES string of the molecule is CCOc1ccc(NC(=O)CC(=O)NN=Cc2ccc(Cl)cc2)cc1. The monoisotopic (exact) mass is 359 g/mol. The summed E-state index contributed by atoms with van der Waals surface area (Å²) in [6, 6.07) is 13.9. The Kier molecular flexibility index (Phi) is 6.98. The zero-order chi connectivity index (χ0) is 18.1. The minimum absolute atomic E-state index is 0.328. The molecule has 6 nitrogen and oxygen atoms in total. The molecule has 0 saturated carbocycles. The largest absolute Gasteiger partial charge is 0.494 e. The molecule has 0 heterocycles. The van der Waals surface area contributed by atoms with Crippen LogP contribution in [0.25, 0.3) is 0 Å². The van der Waals surface area contributed by atoms with Crippen LogP contribution in [0.3, 0.4) is 0 Å². The van der Waals surface area contributed by atoms with Gasteiger partial charge in [0.15, 0.2) is 0 Å². The van der Waals surface area contributed by atoms with E-state index in [1.54, 1.807) is 48.5 Å². The molecule has 0 aliphatic carbocycles. The molecule has 2 amide bonds. The number of carbonyl (C=O) groups is 2. The Balaban J connectivity index is 1.77. The van der Waals surface area contributed by atoms with Crippen molar-refractivity contribution in [3.63, 3.8) is 0 Å². The van der Waals surface area contributed by atoms with Crippen LogP contribution in [-0.4, -0.2) is 24.6 Å². The zero-order valence-corrected chi connectivity index (χ0v) is 14.4. The summed E-state index contributed by atoms with van der Waals surface area (Å²) in [5, 5.41) is 7.05. The van der Waals surface area contributed by atoms with E-state index in [9.17, 15) is 9.59 Å². The van der Waals surface area contributed by atoms with E-state index in [2.05, 4.69) is 15.8 Å². The first-order valence-corrected chi connectivity index (χ1v) is 8.05. The number of ether oxygens (including phenoxy) is 1. The molecule has 130 valence electrons. The van der Waals surface area contributed by atoms with Crippen LogP contribution in [0.2, 0.25) is 5.02 Å². The van der Waals surface area contributed by atoms with Gasteiger partial charge in [0.2, 0.25) is 11.8 Å². The van der Waals surface area contributed by atoms with E-state index in [4.69, 9.17) is 16.3 Å². The zero-order valence-electron chi connectivity index (χ0n) is 13.7. The predicted molar refractivity (Wildman–Crippen MR) is 98.0 cm³/mol. The van der Waals surface area contributed by atoms with Crippen LogP contribution < -0.4 is 15.5 Å². The Morgan fingerprint density at radius 2 is 1.76 bits per heavy atom. The third-order valence-corrected chi connectivity index (χ3v) is 3.30. The average molecular weight is 360 g/mol. The quantitative estimate of drug-likeness (QED) is 0.452. The van der Waals surface area contributed by atoms with E-state index in [-0.39, 0.29) is 6.42 Å². The van der Waals surface area contributed by atoms with Gasteiger partial charge in [0.1, 0.15) is 12.2 Å². The van der Waals surface area contributed by atoms with Crippen molar-refractivity contribution in [1.82, 2.24) is 5.43 Å². The molecule has 2 aromatic rings. The maximum absolute atomic E-state index is 11.8. The van der Waals surface area contributed by atoms with Gasteiger partial charge in [0.05, 0.1) is 12.8 Å². The lowest BCUT2D eigenvalue weighted by atomic mass is 10.2. The average Bonchev–Trinajstić information content (AvgIpc) is 2.58. The van der Waals surface area contributed by atoms with Gasteiger partial charge in [-0.1, -0.05) is 23.7 Å². The minimum Gasteiger partial charge on any atom is -0.494 e. The van der Waals surface area contributed by atoms with E-state index >= 15 is 0 Å². The van der Waals surface area contributed by atoms with Crippen LogP contribution in [-0.2, 0) is 9.59 Å². The van der Waals surface area contributed by atoms with E-state index in [1.165, 1.54) is 6.21 Å². The highest BCUT2D eigenvalue weighted by molar-refractivity contribution is 6.30. The van der Waals surface area contributed by atoms with Gasteiger partial charge in [-0.2, -0.15) is 5.10 Å². The molecule has 25 heavy (non-hydrogen) atoms. The van der Waals surface area contributed by atoms with Gasteiger partial charge in [-0.05, 0) is 48.9 Å². The van der Waals surface area contributed by atoms with E-state index < -0.39 is 11.8 Å². The van der Waals surface area contributed by atoms with Crippen molar-refractivity contribution >= 4 is 35.3 Å². The highest BCUT2D eigenvalue weighted by Gasteiger charge is 2.09. The number of hydrogen-bond acceptors (Lipinski definition) is 4. The van der Waals surface area contributed by atoms with Gasteiger partial charge in [0.25, 0.3) is 0 Å². The van der Waals surface area contributed by atoms with Gasteiger partial charge in [-0.25, -0.2) is 5.43 Å². The molecule has 0 aliphatic heterocycles. The van der Waals surface area contributed by atoms with Gasteiger partial charge >= 0.3 is 0 Å². The Morgan fingerprint density at radius 3 is 2.40 bits per heavy atom. The maximum Gasteiger partial charge on any atom is 0.249 e. The summed E-state index contributed by atoms with van der Waals surface area (Å²) >= 11 is 5.78. The van der Waals surface area contributed by atoms with Gasteiger partial charge in [0, 0.05) is 10.7 Å². The molecule has 0 unspecified atom stereocenters. The van der Waals surface area contributed by atoms with Crippen molar-refractivity contribution in [2.24, 2.45) is 5.10 Å². The smallest absolute Gasteiger partial charge is 0.249 e. The Labute approximate surface area is 150 Å². The summed E-state index contributed by atoms with van der Waals surface area (Å²) in [4.78, 5) is 23.5. The number of halogens is 1. The van der Waals surface area contributed by atoms with Crippen molar-refractivity contribution in [3.8, 4) is 5.75 Å². The minimum atomic E-state index is -0.506. The molecular formula is C18H18ClN3O3. The molecule has 2 N–H and O–H groups in total. The Bertz CT molecular complexity index is 743. The number of anilines is 1. The van der Waals surface area contributed by atoms with Crippen LogP contribution in [0.5, 0.6) is 5.75 Å². The number of hydrazone groups is 1. The topological polar surface area (TPSA) is 79.8 Å². The highest BCUT2D eigenvalue weighted by Crippen LogP contribution is 2.15. The Hall–Kier alpha value is -2.86. The molecular weight excluding hydrogens is 342 g/mol. The molecule has 0 spiro atoms. The molecule has 2 aromatic carbocycles. The maximum atomic E-state index is 11.8. The molecule has 0 radical (unpaired) electrons. The Morgan fingerprint density at radius 1 is 1.08 bits per heavy atom. The molecule has 0 atom stereocenters. The standard InChI is InChI=1S/C18H18ClN3O3/c1-2-25-16-9-7-15(8-10-16)21-17(23)11-18(24)22-20-12-13-3-5-14(19)6-4-13/h3-10,12H,2,11H2,1H3,(H,21,23)(H,22,24). The van der Waals surface area contributed by atoms with Crippen LogP contribution in [0, 0.1) is 0 Å². The molecule has 0 saturated heterocycles. The number of rotatable bonds is 7. The lowest BCUT2D eigenvalue weighted by Crippen LogP contribution is -2.24. The van der Waals surface area contributed by atoms with Crippen molar-refractivity contribution in [2.45, 2.75) is 13.3 Å². The first-order chi connectivity index (χ1) is 12.1. The molecule has 0 bridgehead atoms. The van der Waals surface area contributed by atoms with Crippen LogP contribution >= 0.6 is 11.6 Å². The molecule has 2 rings (SSSR count). The molecule has 0 aliphatic rings.